The molecule has 12 nitrogen and oxygen atoms in total. The number of aliphatic hydroxyl groups excluding tert-OH is 2. The quantitative estimate of drug-likeness (QED) is 0.0228. The summed E-state index contributed by atoms with van der Waals surface area (Å²) in [5.41, 5.74) is 0. The first-order valence-electron chi connectivity index (χ1n) is 31.9. The Morgan fingerprint density at radius 3 is 1.19 bits per heavy atom. The van der Waals surface area contributed by atoms with Gasteiger partial charge in [0.2, 0.25) is 0 Å². The standard InChI is InChI=1S/C69H112O12/c1-4-7-10-13-16-19-22-25-28-30-31-33-35-37-40-43-46-49-52-55-61(70)77-58-60(79-62(71)56-53-50-47-44-41-39-36-32-29-26-23-20-17-14-11-8-5-2)59-78-69-67(65(74)64(73)66(81-69)68(75)76)80-63(72)57-54-51-48-45-42-38-34-27-24-21-18-15-12-9-6-3/h8-9,11-12,16-21,25-29,31,33-34,60,64-67,69,73-74H,4-7,10,13-15,22-24,30,32,35-59H2,1-3H3,(H,75,76)/b11-8-,12-9-,19-16-,20-17-,21-18-,28-25-,29-26-,33-31-,34-27-. The highest BCUT2D eigenvalue weighted by atomic mass is 16.7. The lowest BCUT2D eigenvalue weighted by molar-refractivity contribution is -0.301. The number of hydrogen-bond donors (Lipinski definition) is 3. The minimum atomic E-state index is -1.92. The minimum Gasteiger partial charge on any atom is -0.479 e. The molecule has 6 atom stereocenters. The van der Waals surface area contributed by atoms with Gasteiger partial charge < -0.3 is 39.0 Å². The maximum absolute atomic E-state index is 13.2. The summed E-state index contributed by atoms with van der Waals surface area (Å²) in [5.74, 6) is -3.18. The highest BCUT2D eigenvalue weighted by molar-refractivity contribution is 5.74. The fourth-order valence-electron chi connectivity index (χ4n) is 8.99. The lowest BCUT2D eigenvalue weighted by Gasteiger charge is -2.40. The van der Waals surface area contributed by atoms with Crippen LogP contribution in [0, 0.1) is 0 Å². The van der Waals surface area contributed by atoms with Crippen LogP contribution in [-0.2, 0) is 42.9 Å². The van der Waals surface area contributed by atoms with Gasteiger partial charge in [0.25, 0.3) is 0 Å². The van der Waals surface area contributed by atoms with Crippen molar-refractivity contribution in [2.75, 3.05) is 13.2 Å². The van der Waals surface area contributed by atoms with Crippen LogP contribution in [0.4, 0.5) is 0 Å². The average Bonchev–Trinajstić information content (AvgIpc) is 3.52. The van der Waals surface area contributed by atoms with Gasteiger partial charge in [-0.25, -0.2) is 4.79 Å². The van der Waals surface area contributed by atoms with Crippen molar-refractivity contribution in [1.29, 1.82) is 0 Å². The van der Waals surface area contributed by atoms with Gasteiger partial charge in [-0.15, -0.1) is 0 Å². The van der Waals surface area contributed by atoms with E-state index >= 15 is 0 Å². The van der Waals surface area contributed by atoms with Gasteiger partial charge in [0.1, 0.15) is 18.8 Å². The van der Waals surface area contributed by atoms with Crippen LogP contribution >= 0.6 is 0 Å². The van der Waals surface area contributed by atoms with Gasteiger partial charge in [-0.1, -0.05) is 220 Å². The van der Waals surface area contributed by atoms with Gasteiger partial charge in [0.15, 0.2) is 24.6 Å². The van der Waals surface area contributed by atoms with Crippen molar-refractivity contribution < 1.29 is 58.2 Å². The molecule has 0 bridgehead atoms. The molecule has 1 fully saturated rings. The molecule has 1 rings (SSSR count). The summed E-state index contributed by atoms with van der Waals surface area (Å²) in [7, 11) is 0. The maximum atomic E-state index is 13.2. The number of aliphatic carboxylic acids is 1. The van der Waals surface area contributed by atoms with Crippen LogP contribution in [0.5, 0.6) is 0 Å². The molecule has 0 aromatic rings. The molecule has 1 saturated heterocycles. The van der Waals surface area contributed by atoms with Gasteiger partial charge in [-0.2, -0.15) is 0 Å². The zero-order valence-electron chi connectivity index (χ0n) is 50.7. The molecule has 0 saturated carbocycles. The molecule has 3 N–H and O–H groups in total. The molecule has 12 heteroatoms. The van der Waals surface area contributed by atoms with Gasteiger partial charge >= 0.3 is 23.9 Å². The molecular formula is C69H112O12. The summed E-state index contributed by atoms with van der Waals surface area (Å²) in [6.45, 7) is 5.73. The van der Waals surface area contributed by atoms with Crippen LogP contribution in [0.3, 0.4) is 0 Å². The third-order valence-corrected chi connectivity index (χ3v) is 13.8. The molecule has 6 unspecified atom stereocenters. The lowest BCUT2D eigenvalue weighted by atomic mass is 9.98. The van der Waals surface area contributed by atoms with Gasteiger partial charge in [0.05, 0.1) is 6.61 Å². The van der Waals surface area contributed by atoms with Gasteiger partial charge in [0, 0.05) is 19.3 Å². The highest BCUT2D eigenvalue weighted by Crippen LogP contribution is 2.26. The number of hydrogen-bond acceptors (Lipinski definition) is 11. The van der Waals surface area contributed by atoms with E-state index in [9.17, 15) is 34.5 Å². The molecular weight excluding hydrogens is 1020 g/mol. The van der Waals surface area contributed by atoms with Crippen molar-refractivity contribution in [3.63, 3.8) is 0 Å². The predicted octanol–water partition coefficient (Wildman–Crippen LogP) is 17.0. The van der Waals surface area contributed by atoms with E-state index in [1.165, 1.54) is 25.7 Å². The summed E-state index contributed by atoms with van der Waals surface area (Å²) in [6.07, 6.45) is 63.3. The summed E-state index contributed by atoms with van der Waals surface area (Å²) < 4.78 is 28.5. The van der Waals surface area contributed by atoms with Crippen LogP contribution < -0.4 is 0 Å². The second-order valence-corrected chi connectivity index (χ2v) is 21.3. The van der Waals surface area contributed by atoms with E-state index < -0.39 is 67.3 Å². The molecule has 0 aliphatic carbocycles. The predicted molar refractivity (Wildman–Crippen MR) is 330 cm³/mol. The zero-order chi connectivity index (χ0) is 58.9. The first-order valence-corrected chi connectivity index (χ1v) is 31.9. The lowest BCUT2D eigenvalue weighted by Crippen LogP contribution is -2.61. The Bertz CT molecular complexity index is 1820. The molecule has 1 aliphatic rings. The van der Waals surface area contributed by atoms with Gasteiger partial charge in [-0.3, -0.25) is 14.4 Å². The van der Waals surface area contributed by atoms with E-state index in [1.54, 1.807) is 0 Å². The van der Waals surface area contributed by atoms with E-state index in [2.05, 4.69) is 130 Å². The van der Waals surface area contributed by atoms with Crippen molar-refractivity contribution in [1.82, 2.24) is 0 Å². The van der Waals surface area contributed by atoms with Crippen LogP contribution in [-0.4, -0.2) is 89.2 Å². The first-order chi connectivity index (χ1) is 39.6. The van der Waals surface area contributed by atoms with E-state index in [0.29, 0.717) is 19.3 Å². The second-order valence-electron chi connectivity index (χ2n) is 21.3. The van der Waals surface area contributed by atoms with E-state index in [-0.39, 0.29) is 25.9 Å². The monoisotopic (exact) mass is 1130 g/mol. The maximum Gasteiger partial charge on any atom is 0.335 e. The van der Waals surface area contributed by atoms with Crippen LogP contribution in [0.2, 0.25) is 0 Å². The Morgan fingerprint density at radius 2 is 0.778 bits per heavy atom. The number of allylic oxidation sites excluding steroid dienone is 18. The van der Waals surface area contributed by atoms with Crippen molar-refractivity contribution in [2.45, 2.75) is 289 Å². The summed E-state index contributed by atoms with van der Waals surface area (Å²) in [6, 6.07) is 0. The SMILES string of the molecule is CC/C=C\C/C=C\C/C=C\CCCCCCCCCC(=O)OC(COC(=O)CCCCCCCC/C=C\C/C=C\C/C=C\CCCCC)COC1OC(C(=O)O)C(O)C(O)C1OC(=O)CCCCCCC/C=C\C/C=C\C/C=C\CC. The molecule has 0 aromatic heterocycles. The van der Waals surface area contributed by atoms with Crippen molar-refractivity contribution in [3.05, 3.63) is 109 Å². The third kappa shape index (κ3) is 45.6. The topological polar surface area (TPSA) is 175 Å². The number of carboxylic acid groups (broad SMARTS) is 1. The summed E-state index contributed by atoms with van der Waals surface area (Å²) in [5, 5.41) is 31.6. The largest absolute Gasteiger partial charge is 0.479 e. The molecule has 0 aromatic carbocycles. The average molecular weight is 1130 g/mol. The third-order valence-electron chi connectivity index (χ3n) is 13.8. The first kappa shape index (κ1) is 74.4. The number of esters is 3. The number of carbonyl (C=O) groups excluding carboxylic acids is 3. The van der Waals surface area contributed by atoms with Crippen molar-refractivity contribution in [2.24, 2.45) is 0 Å². The number of carboxylic acids is 1. The van der Waals surface area contributed by atoms with E-state index in [0.717, 1.165) is 167 Å². The number of aliphatic hydroxyl groups is 2. The van der Waals surface area contributed by atoms with Crippen molar-refractivity contribution >= 4 is 23.9 Å². The molecule has 0 amide bonds. The Kier molecular flexibility index (Phi) is 51.3. The number of carbonyl (C=O) groups is 4. The van der Waals surface area contributed by atoms with E-state index in [1.807, 2.05) is 0 Å². The normalized spacial score (nSPS) is 18.5. The highest BCUT2D eigenvalue weighted by Gasteiger charge is 2.50. The molecule has 0 spiro atoms. The molecule has 1 heterocycles. The van der Waals surface area contributed by atoms with Crippen molar-refractivity contribution in [3.8, 4) is 0 Å². The Labute approximate surface area is 491 Å². The summed E-state index contributed by atoms with van der Waals surface area (Å²) >= 11 is 0. The van der Waals surface area contributed by atoms with E-state index in [4.69, 9.17) is 23.7 Å². The Hall–Kier alpha value is -4.62. The smallest absolute Gasteiger partial charge is 0.335 e. The minimum absolute atomic E-state index is 0.0336. The molecule has 81 heavy (non-hydrogen) atoms. The van der Waals surface area contributed by atoms with Crippen LogP contribution in [0.15, 0.2) is 109 Å². The zero-order valence-corrected chi connectivity index (χ0v) is 50.7. The Morgan fingerprint density at radius 1 is 0.420 bits per heavy atom. The number of ether oxygens (including phenoxy) is 5. The van der Waals surface area contributed by atoms with Crippen LogP contribution in [0.25, 0.3) is 0 Å². The fourth-order valence-corrected chi connectivity index (χ4v) is 8.99. The molecule has 0 radical (unpaired) electrons. The Balaban J connectivity index is 2.70. The van der Waals surface area contributed by atoms with Gasteiger partial charge in [-0.05, 0) is 122 Å². The van der Waals surface area contributed by atoms with Crippen LogP contribution in [0.1, 0.15) is 252 Å². The second kappa shape index (κ2) is 55.9. The fraction of sp³-hybridized carbons (Fsp3) is 0.681. The summed E-state index contributed by atoms with van der Waals surface area (Å²) in [4.78, 5) is 51.3. The number of unbranched alkanes of at least 4 members (excludes halogenated alkanes) is 21. The molecule has 1 aliphatic heterocycles. The molecule has 460 valence electrons. The number of rotatable bonds is 53.